The molecule has 1 aromatic rings. The summed E-state index contributed by atoms with van der Waals surface area (Å²) in [6.45, 7) is 2.07. The molecule has 100 valence electrons. The van der Waals surface area contributed by atoms with Gasteiger partial charge in [0.05, 0.1) is 13.7 Å². The zero-order valence-electron chi connectivity index (χ0n) is 11.2. The van der Waals surface area contributed by atoms with Crippen LogP contribution in [0.5, 0.6) is 5.75 Å². The van der Waals surface area contributed by atoms with E-state index < -0.39 is 0 Å². The highest BCUT2D eigenvalue weighted by molar-refractivity contribution is 5.36. The molecule has 3 nitrogen and oxygen atoms in total. The van der Waals surface area contributed by atoms with Crippen LogP contribution < -0.4 is 10.5 Å². The smallest absolute Gasteiger partial charge is 0.123 e. The summed E-state index contributed by atoms with van der Waals surface area (Å²) < 4.78 is 11.1. The highest BCUT2D eigenvalue weighted by Crippen LogP contribution is 2.25. The van der Waals surface area contributed by atoms with Crippen molar-refractivity contribution >= 4 is 0 Å². The largest absolute Gasteiger partial charge is 0.496 e. The lowest BCUT2D eigenvalue weighted by Crippen LogP contribution is -2.06. The first-order valence-corrected chi connectivity index (χ1v) is 6.77. The molecule has 0 aliphatic heterocycles. The lowest BCUT2D eigenvalue weighted by atomic mass is 10.1. The lowest BCUT2D eigenvalue weighted by molar-refractivity contribution is 0.0888. The number of benzene rings is 1. The SMILES string of the molecule is COc1ccc(COCC2CCCC2)cc1CN. The van der Waals surface area contributed by atoms with Crippen molar-refractivity contribution in [3.8, 4) is 5.75 Å². The molecule has 2 rings (SSSR count). The van der Waals surface area contributed by atoms with Gasteiger partial charge in [0.25, 0.3) is 0 Å². The van der Waals surface area contributed by atoms with Crippen LogP contribution >= 0.6 is 0 Å². The van der Waals surface area contributed by atoms with E-state index in [1.165, 1.54) is 31.2 Å². The Bertz CT molecular complexity index is 373. The Hall–Kier alpha value is -1.06. The third-order valence-corrected chi connectivity index (χ3v) is 3.66. The van der Waals surface area contributed by atoms with Gasteiger partial charge in [-0.15, -0.1) is 0 Å². The van der Waals surface area contributed by atoms with E-state index in [1.807, 2.05) is 12.1 Å². The Morgan fingerprint density at radius 2 is 2.06 bits per heavy atom. The first-order chi connectivity index (χ1) is 8.83. The van der Waals surface area contributed by atoms with Gasteiger partial charge in [-0.2, -0.15) is 0 Å². The molecule has 0 bridgehead atoms. The molecule has 1 aliphatic carbocycles. The molecular weight excluding hydrogens is 226 g/mol. The van der Waals surface area contributed by atoms with Gasteiger partial charge in [0.15, 0.2) is 0 Å². The van der Waals surface area contributed by atoms with Gasteiger partial charge in [-0.1, -0.05) is 18.9 Å². The maximum Gasteiger partial charge on any atom is 0.123 e. The topological polar surface area (TPSA) is 44.5 Å². The number of ether oxygens (including phenoxy) is 2. The molecule has 1 saturated carbocycles. The van der Waals surface area contributed by atoms with Gasteiger partial charge in [0.1, 0.15) is 5.75 Å². The molecule has 1 fully saturated rings. The summed E-state index contributed by atoms with van der Waals surface area (Å²) in [5.74, 6) is 1.63. The summed E-state index contributed by atoms with van der Waals surface area (Å²) >= 11 is 0. The van der Waals surface area contributed by atoms with Gasteiger partial charge in [0, 0.05) is 18.7 Å². The number of rotatable bonds is 6. The number of hydrogen-bond donors (Lipinski definition) is 1. The minimum Gasteiger partial charge on any atom is -0.496 e. The van der Waals surface area contributed by atoms with Crippen LogP contribution in [0, 0.1) is 5.92 Å². The van der Waals surface area contributed by atoms with E-state index in [0.29, 0.717) is 13.2 Å². The minimum atomic E-state index is 0.500. The molecule has 0 aromatic heterocycles. The van der Waals surface area contributed by atoms with Crippen LogP contribution in [-0.2, 0) is 17.9 Å². The predicted octanol–water partition coefficient (Wildman–Crippen LogP) is 2.86. The van der Waals surface area contributed by atoms with E-state index in [4.69, 9.17) is 15.2 Å². The Kier molecular flexibility index (Phi) is 5.02. The first-order valence-electron chi connectivity index (χ1n) is 6.77. The standard InChI is InChI=1S/C15H23NO2/c1-17-15-7-6-13(8-14(15)9-16)11-18-10-12-4-2-3-5-12/h6-8,12H,2-5,9-11,16H2,1H3. The van der Waals surface area contributed by atoms with Crippen LogP contribution in [0.25, 0.3) is 0 Å². The van der Waals surface area contributed by atoms with E-state index in [1.54, 1.807) is 7.11 Å². The van der Waals surface area contributed by atoms with Crippen molar-refractivity contribution in [2.45, 2.75) is 38.8 Å². The number of nitrogens with two attached hydrogens (primary N) is 1. The minimum absolute atomic E-state index is 0.500. The molecule has 0 spiro atoms. The summed E-state index contributed by atoms with van der Waals surface area (Å²) in [6, 6.07) is 6.09. The molecule has 0 radical (unpaired) electrons. The number of methoxy groups -OCH3 is 1. The quantitative estimate of drug-likeness (QED) is 0.843. The third kappa shape index (κ3) is 3.47. The van der Waals surface area contributed by atoms with Gasteiger partial charge in [0.2, 0.25) is 0 Å². The second-order valence-corrected chi connectivity index (χ2v) is 5.02. The van der Waals surface area contributed by atoms with Crippen molar-refractivity contribution < 1.29 is 9.47 Å². The average molecular weight is 249 g/mol. The second kappa shape index (κ2) is 6.76. The van der Waals surface area contributed by atoms with Crippen LogP contribution in [0.2, 0.25) is 0 Å². The Morgan fingerprint density at radius 3 is 2.72 bits per heavy atom. The van der Waals surface area contributed by atoms with E-state index in [9.17, 15) is 0 Å². The fourth-order valence-electron chi connectivity index (χ4n) is 2.60. The second-order valence-electron chi connectivity index (χ2n) is 5.02. The van der Waals surface area contributed by atoms with Crippen molar-refractivity contribution in [1.29, 1.82) is 0 Å². The molecule has 0 unspecified atom stereocenters. The Balaban J connectivity index is 1.84. The van der Waals surface area contributed by atoms with Crippen LogP contribution in [0.15, 0.2) is 18.2 Å². The first kappa shape index (κ1) is 13.4. The van der Waals surface area contributed by atoms with E-state index in [0.717, 1.165) is 23.8 Å². The lowest BCUT2D eigenvalue weighted by Gasteiger charge is -2.12. The van der Waals surface area contributed by atoms with Gasteiger partial charge in [-0.3, -0.25) is 0 Å². The van der Waals surface area contributed by atoms with E-state index in [2.05, 4.69) is 6.07 Å². The maximum atomic E-state index is 5.79. The van der Waals surface area contributed by atoms with E-state index in [-0.39, 0.29) is 0 Å². The number of hydrogen-bond acceptors (Lipinski definition) is 3. The van der Waals surface area contributed by atoms with Gasteiger partial charge in [-0.25, -0.2) is 0 Å². The predicted molar refractivity (Wildman–Crippen MR) is 72.5 cm³/mol. The third-order valence-electron chi connectivity index (χ3n) is 3.66. The normalized spacial score (nSPS) is 16.1. The Labute approximate surface area is 109 Å². The van der Waals surface area contributed by atoms with Gasteiger partial charge < -0.3 is 15.2 Å². The summed E-state index contributed by atoms with van der Waals surface area (Å²) in [6.07, 6.45) is 5.40. The molecule has 3 heteroatoms. The van der Waals surface area contributed by atoms with Gasteiger partial charge >= 0.3 is 0 Å². The summed E-state index contributed by atoms with van der Waals surface area (Å²) in [4.78, 5) is 0. The molecule has 18 heavy (non-hydrogen) atoms. The van der Waals surface area contributed by atoms with Crippen LogP contribution in [0.1, 0.15) is 36.8 Å². The highest BCUT2D eigenvalue weighted by atomic mass is 16.5. The van der Waals surface area contributed by atoms with Crippen molar-refractivity contribution in [2.24, 2.45) is 11.7 Å². The molecule has 0 saturated heterocycles. The molecule has 0 heterocycles. The molecule has 0 amide bonds. The molecule has 1 aliphatic rings. The van der Waals surface area contributed by atoms with Crippen molar-refractivity contribution in [1.82, 2.24) is 0 Å². The molecule has 0 atom stereocenters. The van der Waals surface area contributed by atoms with Crippen molar-refractivity contribution in [2.75, 3.05) is 13.7 Å². The molecule has 1 aromatic carbocycles. The summed E-state index contributed by atoms with van der Waals surface area (Å²) in [5.41, 5.74) is 7.92. The van der Waals surface area contributed by atoms with Gasteiger partial charge in [-0.05, 0) is 36.5 Å². The Morgan fingerprint density at radius 1 is 1.28 bits per heavy atom. The maximum absolute atomic E-state index is 5.79. The van der Waals surface area contributed by atoms with Crippen LogP contribution in [-0.4, -0.2) is 13.7 Å². The zero-order valence-corrected chi connectivity index (χ0v) is 11.2. The average Bonchev–Trinajstić information content (AvgIpc) is 2.91. The van der Waals surface area contributed by atoms with E-state index >= 15 is 0 Å². The van der Waals surface area contributed by atoms with Crippen LogP contribution in [0.4, 0.5) is 0 Å². The highest BCUT2D eigenvalue weighted by Gasteiger charge is 2.14. The summed E-state index contributed by atoms with van der Waals surface area (Å²) in [5, 5.41) is 0. The fraction of sp³-hybridized carbons (Fsp3) is 0.600. The molecular formula is C15H23NO2. The molecule has 2 N–H and O–H groups in total. The van der Waals surface area contributed by atoms with Crippen LogP contribution in [0.3, 0.4) is 0 Å². The van der Waals surface area contributed by atoms with Crippen molar-refractivity contribution in [3.63, 3.8) is 0 Å². The van der Waals surface area contributed by atoms with Crippen molar-refractivity contribution in [3.05, 3.63) is 29.3 Å². The monoisotopic (exact) mass is 249 g/mol. The fourth-order valence-corrected chi connectivity index (χ4v) is 2.60. The zero-order chi connectivity index (χ0) is 12.8. The summed E-state index contributed by atoms with van der Waals surface area (Å²) in [7, 11) is 1.67.